The van der Waals surface area contributed by atoms with Crippen LogP contribution in [0.3, 0.4) is 0 Å². The molecule has 0 N–H and O–H groups in total. The summed E-state index contributed by atoms with van der Waals surface area (Å²) in [6.45, 7) is 0. The molecular formula is C46H29N5O. The molecule has 0 atom stereocenters. The van der Waals surface area contributed by atoms with Gasteiger partial charge in [-0.25, -0.2) is 19.9 Å². The Morgan fingerprint density at radius 1 is 0.404 bits per heavy atom. The topological polar surface area (TPSA) is 69.6 Å². The third kappa shape index (κ3) is 5.13. The van der Waals surface area contributed by atoms with Crippen molar-refractivity contribution in [3.63, 3.8) is 0 Å². The minimum absolute atomic E-state index is 0.583. The first-order valence-electron chi connectivity index (χ1n) is 17.2. The summed E-state index contributed by atoms with van der Waals surface area (Å²) >= 11 is 0. The predicted octanol–water partition coefficient (Wildman–Crippen LogP) is 11.4. The lowest BCUT2D eigenvalue weighted by Crippen LogP contribution is -2.00. The minimum atomic E-state index is 0.583. The van der Waals surface area contributed by atoms with Gasteiger partial charge in [-0.05, 0) is 53.6 Å². The number of aromatic nitrogens is 5. The van der Waals surface area contributed by atoms with Gasteiger partial charge in [0.2, 0.25) is 0 Å². The van der Waals surface area contributed by atoms with E-state index in [4.69, 9.17) is 24.4 Å². The van der Waals surface area contributed by atoms with Crippen LogP contribution in [0.5, 0.6) is 0 Å². The van der Waals surface area contributed by atoms with E-state index in [0.29, 0.717) is 17.5 Å². The number of fused-ring (bicyclic) bond motifs is 4. The number of rotatable bonds is 6. The van der Waals surface area contributed by atoms with Crippen LogP contribution in [0.2, 0.25) is 0 Å². The van der Waals surface area contributed by atoms with Crippen molar-refractivity contribution < 1.29 is 4.42 Å². The fraction of sp³-hybridized carbons (Fsp3) is 0. The van der Waals surface area contributed by atoms with E-state index in [1.54, 1.807) is 0 Å². The summed E-state index contributed by atoms with van der Waals surface area (Å²) in [4.78, 5) is 20.2. The number of hydrogen-bond donors (Lipinski definition) is 0. The van der Waals surface area contributed by atoms with Crippen molar-refractivity contribution in [2.75, 3.05) is 0 Å². The van der Waals surface area contributed by atoms with Crippen LogP contribution in [0.25, 0.3) is 95.3 Å². The Hall–Kier alpha value is -7.18. The number of para-hydroxylation sites is 3. The van der Waals surface area contributed by atoms with Crippen molar-refractivity contribution in [3.05, 3.63) is 176 Å². The third-order valence-corrected chi connectivity index (χ3v) is 9.49. The minimum Gasteiger partial charge on any atom is -0.456 e. The molecule has 0 amide bonds. The van der Waals surface area contributed by atoms with Gasteiger partial charge in [0.15, 0.2) is 17.5 Å². The summed E-state index contributed by atoms with van der Waals surface area (Å²) in [5.74, 6) is 2.65. The molecule has 0 aliphatic heterocycles. The molecule has 244 valence electrons. The van der Waals surface area contributed by atoms with Gasteiger partial charge in [0.05, 0.1) is 11.0 Å². The molecule has 6 heteroatoms. The zero-order chi connectivity index (χ0) is 34.4. The van der Waals surface area contributed by atoms with Crippen LogP contribution < -0.4 is 0 Å². The predicted molar refractivity (Wildman–Crippen MR) is 209 cm³/mol. The molecule has 7 aromatic carbocycles. The van der Waals surface area contributed by atoms with E-state index in [2.05, 4.69) is 102 Å². The summed E-state index contributed by atoms with van der Waals surface area (Å²) in [6, 6.07) is 59.7. The van der Waals surface area contributed by atoms with Gasteiger partial charge in [0.1, 0.15) is 17.0 Å². The quantitative estimate of drug-likeness (QED) is 0.176. The molecule has 0 fully saturated rings. The zero-order valence-corrected chi connectivity index (χ0v) is 27.9. The lowest BCUT2D eigenvalue weighted by atomic mass is 10.0. The van der Waals surface area contributed by atoms with Crippen LogP contribution in [0, 0.1) is 0 Å². The Morgan fingerprint density at radius 2 is 0.981 bits per heavy atom. The first-order valence-corrected chi connectivity index (χ1v) is 17.2. The molecule has 0 bridgehead atoms. The number of hydrogen-bond acceptors (Lipinski definition) is 5. The van der Waals surface area contributed by atoms with Crippen molar-refractivity contribution in [1.29, 1.82) is 0 Å². The molecule has 0 radical (unpaired) electrons. The van der Waals surface area contributed by atoms with Crippen LogP contribution in [0.1, 0.15) is 0 Å². The van der Waals surface area contributed by atoms with Crippen molar-refractivity contribution in [2.45, 2.75) is 0 Å². The Labute approximate surface area is 299 Å². The van der Waals surface area contributed by atoms with Crippen molar-refractivity contribution in [2.24, 2.45) is 0 Å². The Bertz CT molecular complexity index is 2880. The maximum atomic E-state index is 6.57. The Kier molecular flexibility index (Phi) is 7.03. The molecule has 0 aliphatic rings. The smallest absolute Gasteiger partial charge is 0.164 e. The highest BCUT2D eigenvalue weighted by atomic mass is 16.3. The monoisotopic (exact) mass is 667 g/mol. The van der Waals surface area contributed by atoms with E-state index in [1.165, 1.54) is 0 Å². The van der Waals surface area contributed by atoms with Gasteiger partial charge in [-0.3, -0.25) is 4.57 Å². The van der Waals surface area contributed by atoms with Crippen molar-refractivity contribution in [3.8, 4) is 62.4 Å². The fourth-order valence-electron chi connectivity index (χ4n) is 6.99. The van der Waals surface area contributed by atoms with E-state index in [9.17, 15) is 0 Å². The van der Waals surface area contributed by atoms with E-state index < -0.39 is 0 Å². The van der Waals surface area contributed by atoms with Gasteiger partial charge in [-0.1, -0.05) is 133 Å². The molecule has 3 heterocycles. The highest BCUT2D eigenvalue weighted by Gasteiger charge is 2.20. The molecule has 0 saturated heterocycles. The van der Waals surface area contributed by atoms with E-state index in [0.717, 1.165) is 77.9 Å². The van der Waals surface area contributed by atoms with Gasteiger partial charge >= 0.3 is 0 Å². The van der Waals surface area contributed by atoms with Crippen LogP contribution >= 0.6 is 0 Å². The highest BCUT2D eigenvalue weighted by Crippen LogP contribution is 2.39. The number of imidazole rings is 1. The molecule has 52 heavy (non-hydrogen) atoms. The molecule has 0 saturated carbocycles. The third-order valence-electron chi connectivity index (χ3n) is 9.49. The SMILES string of the molecule is c1ccc(-c2ccc(-c3nc(-c4ccccc4)nc(-c4cccc5oc6cc(-c7nc8ccccc8n7-c7ccccc7)ccc6c45)n3)cc2)cc1. The summed E-state index contributed by atoms with van der Waals surface area (Å²) < 4.78 is 8.78. The van der Waals surface area contributed by atoms with Crippen LogP contribution in [0.4, 0.5) is 0 Å². The van der Waals surface area contributed by atoms with Crippen LogP contribution in [-0.2, 0) is 0 Å². The number of benzene rings is 7. The largest absolute Gasteiger partial charge is 0.456 e. The zero-order valence-electron chi connectivity index (χ0n) is 27.9. The molecule has 0 unspecified atom stereocenters. The van der Waals surface area contributed by atoms with Crippen molar-refractivity contribution in [1.82, 2.24) is 24.5 Å². The second-order valence-corrected chi connectivity index (χ2v) is 12.7. The molecule has 10 rings (SSSR count). The van der Waals surface area contributed by atoms with Gasteiger partial charge in [-0.2, -0.15) is 0 Å². The maximum absolute atomic E-state index is 6.57. The Morgan fingerprint density at radius 3 is 1.73 bits per heavy atom. The maximum Gasteiger partial charge on any atom is 0.164 e. The van der Waals surface area contributed by atoms with E-state index >= 15 is 0 Å². The second kappa shape index (κ2) is 12.3. The average Bonchev–Trinajstić information content (AvgIpc) is 3.80. The van der Waals surface area contributed by atoms with E-state index in [-0.39, 0.29) is 0 Å². The fourth-order valence-corrected chi connectivity index (χ4v) is 6.99. The van der Waals surface area contributed by atoms with Crippen LogP contribution in [-0.4, -0.2) is 24.5 Å². The Balaban J connectivity index is 1.12. The molecule has 3 aromatic heterocycles. The van der Waals surface area contributed by atoms with Gasteiger partial charge < -0.3 is 4.42 Å². The second-order valence-electron chi connectivity index (χ2n) is 12.7. The van der Waals surface area contributed by atoms with Crippen molar-refractivity contribution >= 4 is 33.0 Å². The molecule has 6 nitrogen and oxygen atoms in total. The summed E-state index contributed by atoms with van der Waals surface area (Å²) in [5, 5.41) is 1.93. The van der Waals surface area contributed by atoms with Gasteiger partial charge in [0, 0.05) is 38.7 Å². The summed E-state index contributed by atoms with van der Waals surface area (Å²) in [5.41, 5.74) is 10.5. The highest BCUT2D eigenvalue weighted by molar-refractivity contribution is 6.12. The number of nitrogens with zero attached hydrogens (tertiary/aromatic N) is 5. The molecule has 10 aromatic rings. The number of furan rings is 1. The van der Waals surface area contributed by atoms with Gasteiger partial charge in [0.25, 0.3) is 0 Å². The standard InChI is InChI=1S/C46H29N5O/c1-4-13-30(14-5-1)31-23-25-33(26-24-31)44-48-43(32-15-6-2-7-16-32)49-45(50-44)37-19-12-22-40-42(37)36-28-27-34(29-41(36)52-40)46-47-38-20-10-11-21-39(38)51(46)35-17-8-3-9-18-35/h1-29H. The first kappa shape index (κ1) is 29.7. The normalized spacial score (nSPS) is 11.5. The molecule has 0 spiro atoms. The average molecular weight is 668 g/mol. The van der Waals surface area contributed by atoms with Crippen LogP contribution in [0.15, 0.2) is 180 Å². The van der Waals surface area contributed by atoms with E-state index in [1.807, 2.05) is 78.9 Å². The van der Waals surface area contributed by atoms with Gasteiger partial charge in [-0.15, -0.1) is 0 Å². The molecular weight excluding hydrogens is 639 g/mol. The lowest BCUT2D eigenvalue weighted by molar-refractivity contribution is 0.669. The molecule has 0 aliphatic carbocycles. The first-order chi connectivity index (χ1) is 25.8. The lowest BCUT2D eigenvalue weighted by Gasteiger charge is -2.10. The summed E-state index contributed by atoms with van der Waals surface area (Å²) in [6.07, 6.45) is 0. The summed E-state index contributed by atoms with van der Waals surface area (Å²) in [7, 11) is 0.